The third-order valence-electron chi connectivity index (χ3n) is 3.77. The first-order chi connectivity index (χ1) is 12.7. The lowest BCUT2D eigenvalue weighted by molar-refractivity contribution is 0.274. The van der Waals surface area contributed by atoms with Crippen LogP contribution in [0.5, 0.6) is 11.5 Å². The summed E-state index contributed by atoms with van der Waals surface area (Å²) in [6, 6.07) is 10.4. The van der Waals surface area contributed by atoms with Crippen LogP contribution in [-0.4, -0.2) is 13.3 Å². The van der Waals surface area contributed by atoms with Crippen molar-refractivity contribution in [3.63, 3.8) is 0 Å². The molecule has 0 radical (unpaired) electrons. The zero-order valence-corrected chi connectivity index (χ0v) is 14.8. The van der Waals surface area contributed by atoms with Crippen LogP contribution < -0.4 is 9.47 Å². The van der Waals surface area contributed by atoms with Crippen LogP contribution in [0.1, 0.15) is 30.9 Å². The summed E-state index contributed by atoms with van der Waals surface area (Å²) in [6.07, 6.45) is 5.99. The van der Waals surface area contributed by atoms with Gasteiger partial charge in [0.2, 0.25) is 11.6 Å². The highest BCUT2D eigenvalue weighted by atomic mass is 19.2. The third kappa shape index (κ3) is 5.83. The molecule has 5 heteroatoms. The molecule has 0 unspecified atom stereocenters. The van der Waals surface area contributed by atoms with E-state index in [2.05, 4.69) is 0 Å². The van der Waals surface area contributed by atoms with E-state index in [0.717, 1.165) is 24.0 Å². The van der Waals surface area contributed by atoms with Crippen molar-refractivity contribution >= 4 is 0 Å². The van der Waals surface area contributed by atoms with Gasteiger partial charge in [-0.15, -0.1) is 0 Å². The Bertz CT molecular complexity index is 712. The van der Waals surface area contributed by atoms with Crippen molar-refractivity contribution in [1.82, 2.24) is 0 Å². The van der Waals surface area contributed by atoms with E-state index in [1.54, 1.807) is 6.92 Å². The number of rotatable bonds is 10. The molecule has 0 bridgehead atoms. The molecule has 2 rings (SSSR count). The lowest BCUT2D eigenvalue weighted by Gasteiger charge is -2.11. The third-order valence-corrected chi connectivity index (χ3v) is 3.77. The lowest BCUT2D eigenvalue weighted by atomic mass is 10.1. The van der Waals surface area contributed by atoms with Gasteiger partial charge in [0.05, 0.1) is 13.3 Å². The molecular weight excluding hydrogens is 341 g/mol. The number of ether oxygens (including phenoxy) is 2. The van der Waals surface area contributed by atoms with Gasteiger partial charge in [0.25, 0.3) is 0 Å². The summed E-state index contributed by atoms with van der Waals surface area (Å²) in [5, 5.41) is 0. The number of benzene rings is 2. The number of alkyl halides is 1. The van der Waals surface area contributed by atoms with Gasteiger partial charge in [-0.1, -0.05) is 36.4 Å². The van der Waals surface area contributed by atoms with E-state index in [-0.39, 0.29) is 31.4 Å². The molecule has 0 saturated heterocycles. The zero-order valence-electron chi connectivity index (χ0n) is 14.8. The quantitative estimate of drug-likeness (QED) is 0.497. The topological polar surface area (TPSA) is 18.5 Å². The van der Waals surface area contributed by atoms with E-state index in [1.807, 2.05) is 36.4 Å². The molecule has 2 aromatic rings. The van der Waals surface area contributed by atoms with Crippen molar-refractivity contribution in [2.45, 2.75) is 32.8 Å². The molecule has 26 heavy (non-hydrogen) atoms. The Hall–Kier alpha value is -2.43. The molecule has 2 aromatic carbocycles. The molecular formula is C21H23F3O2. The zero-order chi connectivity index (χ0) is 18.8. The van der Waals surface area contributed by atoms with Crippen molar-refractivity contribution in [1.29, 1.82) is 0 Å². The van der Waals surface area contributed by atoms with Crippen LogP contribution in [0.3, 0.4) is 0 Å². The Morgan fingerprint density at radius 3 is 2.00 bits per heavy atom. The van der Waals surface area contributed by atoms with E-state index >= 15 is 0 Å². The number of hydrogen-bond donors (Lipinski definition) is 0. The Balaban J connectivity index is 1.89. The smallest absolute Gasteiger partial charge is 0.204 e. The Morgan fingerprint density at radius 1 is 0.808 bits per heavy atom. The number of hydrogen-bond acceptors (Lipinski definition) is 2. The van der Waals surface area contributed by atoms with Crippen LogP contribution in [0.4, 0.5) is 13.2 Å². The van der Waals surface area contributed by atoms with Crippen molar-refractivity contribution in [2.75, 3.05) is 13.3 Å². The minimum atomic E-state index is -1.05. The lowest BCUT2D eigenvalue weighted by Crippen LogP contribution is -2.02. The molecule has 0 N–H and O–H groups in total. The van der Waals surface area contributed by atoms with Gasteiger partial charge in [-0.3, -0.25) is 4.39 Å². The van der Waals surface area contributed by atoms with Crippen molar-refractivity contribution in [3.05, 3.63) is 71.3 Å². The van der Waals surface area contributed by atoms with Crippen LogP contribution in [0.25, 0.3) is 0 Å². The van der Waals surface area contributed by atoms with Crippen LogP contribution in [0, 0.1) is 11.6 Å². The second-order valence-electron chi connectivity index (χ2n) is 5.72. The summed E-state index contributed by atoms with van der Waals surface area (Å²) in [7, 11) is 0. The second kappa shape index (κ2) is 10.5. The average Bonchev–Trinajstić information content (AvgIpc) is 2.66. The first kappa shape index (κ1) is 19.9. The van der Waals surface area contributed by atoms with Gasteiger partial charge in [0.15, 0.2) is 11.5 Å². The monoisotopic (exact) mass is 364 g/mol. The molecule has 0 aliphatic rings. The fourth-order valence-corrected chi connectivity index (χ4v) is 2.40. The molecule has 0 amide bonds. The van der Waals surface area contributed by atoms with E-state index in [4.69, 9.17) is 9.47 Å². The van der Waals surface area contributed by atoms with E-state index in [0.29, 0.717) is 6.42 Å². The van der Waals surface area contributed by atoms with E-state index in [9.17, 15) is 13.2 Å². The van der Waals surface area contributed by atoms with Gasteiger partial charge in [-0.2, -0.15) is 8.78 Å². The predicted molar refractivity (Wildman–Crippen MR) is 96.4 cm³/mol. The highest BCUT2D eigenvalue weighted by Gasteiger charge is 2.15. The van der Waals surface area contributed by atoms with Crippen molar-refractivity contribution in [2.24, 2.45) is 0 Å². The largest absolute Gasteiger partial charge is 0.491 e. The van der Waals surface area contributed by atoms with Gasteiger partial charge in [-0.05, 0) is 49.4 Å². The Labute approximate surface area is 152 Å². The standard InChI is InChI=1S/C21H23F3O2/c1-2-25-18-12-13-19(21(24)20(18)23)26-15-17-10-8-16(9-11-17)7-5-3-4-6-14-22/h3-4,8-13H,2,5-7,14-15H2,1H3. The predicted octanol–water partition coefficient (Wildman–Crippen LogP) is 5.79. The summed E-state index contributed by atoms with van der Waals surface area (Å²) in [5.74, 6) is -2.36. The Morgan fingerprint density at radius 2 is 1.38 bits per heavy atom. The fraction of sp³-hybridized carbons (Fsp3) is 0.333. The van der Waals surface area contributed by atoms with Gasteiger partial charge >= 0.3 is 0 Å². The molecule has 0 fully saturated rings. The number of allylic oxidation sites excluding steroid dienone is 2. The van der Waals surface area contributed by atoms with Gasteiger partial charge in [-0.25, -0.2) is 0 Å². The minimum absolute atomic E-state index is 0.123. The van der Waals surface area contributed by atoms with Gasteiger partial charge in [0, 0.05) is 0 Å². The van der Waals surface area contributed by atoms with Crippen molar-refractivity contribution in [3.8, 4) is 11.5 Å². The summed E-state index contributed by atoms with van der Waals surface area (Å²) < 4.78 is 50.2. The maximum atomic E-state index is 14.0. The van der Waals surface area contributed by atoms with E-state index in [1.165, 1.54) is 12.1 Å². The molecule has 2 nitrogen and oxygen atoms in total. The molecule has 0 atom stereocenters. The van der Waals surface area contributed by atoms with Crippen LogP contribution in [0.15, 0.2) is 48.6 Å². The van der Waals surface area contributed by atoms with Crippen LogP contribution in [-0.2, 0) is 13.0 Å². The molecule has 0 aliphatic carbocycles. The Kier molecular flexibility index (Phi) is 8.06. The normalized spacial score (nSPS) is 11.1. The van der Waals surface area contributed by atoms with Crippen molar-refractivity contribution < 1.29 is 22.6 Å². The first-order valence-electron chi connectivity index (χ1n) is 8.68. The molecule has 0 heterocycles. The first-order valence-corrected chi connectivity index (χ1v) is 8.68. The molecule has 0 aromatic heterocycles. The van der Waals surface area contributed by atoms with Crippen LogP contribution in [0.2, 0.25) is 0 Å². The molecule has 0 aliphatic heterocycles. The number of halogens is 3. The summed E-state index contributed by atoms with van der Waals surface area (Å²) in [6.45, 7) is 1.77. The summed E-state index contributed by atoms with van der Waals surface area (Å²) >= 11 is 0. The second-order valence-corrected chi connectivity index (χ2v) is 5.72. The minimum Gasteiger partial charge on any atom is -0.491 e. The van der Waals surface area contributed by atoms with Gasteiger partial charge in [0.1, 0.15) is 6.61 Å². The molecule has 140 valence electrons. The van der Waals surface area contributed by atoms with Crippen LogP contribution >= 0.6 is 0 Å². The molecule has 0 saturated carbocycles. The summed E-state index contributed by atoms with van der Waals surface area (Å²) in [5.41, 5.74) is 2.01. The summed E-state index contributed by atoms with van der Waals surface area (Å²) in [4.78, 5) is 0. The SMILES string of the molecule is CCOc1ccc(OCc2ccc(CCC=CCCF)cc2)c(F)c1F. The molecule has 0 spiro atoms. The number of aryl methyl sites for hydroxylation is 1. The maximum absolute atomic E-state index is 14.0. The average molecular weight is 364 g/mol. The highest BCUT2D eigenvalue weighted by Crippen LogP contribution is 2.28. The fourth-order valence-electron chi connectivity index (χ4n) is 2.40. The van der Waals surface area contributed by atoms with E-state index < -0.39 is 11.6 Å². The highest BCUT2D eigenvalue weighted by molar-refractivity contribution is 5.35. The van der Waals surface area contributed by atoms with Gasteiger partial charge < -0.3 is 9.47 Å². The maximum Gasteiger partial charge on any atom is 0.204 e.